The zero-order valence-electron chi connectivity index (χ0n) is 19.8. The van der Waals surface area contributed by atoms with E-state index >= 15 is 0 Å². The summed E-state index contributed by atoms with van der Waals surface area (Å²) in [5, 5.41) is 4.96. The Morgan fingerprint density at radius 1 is 1.23 bits per heavy atom. The minimum atomic E-state index is -0.669. The van der Waals surface area contributed by atoms with Crippen LogP contribution in [0.5, 0.6) is 0 Å². The number of amides is 1. The number of likely N-dealkylation sites (tertiary alicyclic amines) is 1. The molecule has 3 N–H and O–H groups in total. The van der Waals surface area contributed by atoms with Crippen LogP contribution in [0.2, 0.25) is 0 Å². The van der Waals surface area contributed by atoms with Crippen LogP contribution in [0.4, 0.5) is 10.1 Å². The lowest BCUT2D eigenvalue weighted by Crippen LogP contribution is -2.48. The summed E-state index contributed by atoms with van der Waals surface area (Å²) in [6.07, 6.45) is 4.62. The van der Waals surface area contributed by atoms with Crippen molar-refractivity contribution in [1.29, 1.82) is 0 Å². The van der Waals surface area contributed by atoms with Gasteiger partial charge in [-0.3, -0.25) is 24.9 Å². The molecular weight excluding hydrogens is 449 g/mol. The Bertz CT molecular complexity index is 1280. The van der Waals surface area contributed by atoms with Gasteiger partial charge < -0.3 is 10.3 Å². The van der Waals surface area contributed by atoms with E-state index in [4.69, 9.17) is 0 Å². The fraction of sp³-hybridized carbons (Fsp3) is 0.440. The van der Waals surface area contributed by atoms with Crippen molar-refractivity contribution >= 4 is 22.6 Å². The van der Waals surface area contributed by atoms with Crippen LogP contribution in [0, 0.1) is 11.9 Å². The van der Waals surface area contributed by atoms with Gasteiger partial charge in [0.2, 0.25) is 5.95 Å². The Kier molecular flexibility index (Phi) is 6.74. The number of hydrogen-bond donors (Lipinski definition) is 3. The number of nitrogens with one attached hydrogen (secondary N) is 3. The fourth-order valence-electron chi connectivity index (χ4n) is 4.69. The zero-order chi connectivity index (χ0) is 24.4. The van der Waals surface area contributed by atoms with E-state index in [1.807, 2.05) is 30.3 Å². The van der Waals surface area contributed by atoms with Crippen molar-refractivity contribution in [3.8, 4) is 0 Å². The molecule has 0 atom stereocenters. The van der Waals surface area contributed by atoms with Gasteiger partial charge in [0.25, 0.3) is 11.5 Å². The molecule has 1 amide bonds. The monoisotopic (exact) mass is 479 g/mol. The van der Waals surface area contributed by atoms with Crippen molar-refractivity contribution in [2.45, 2.75) is 32.7 Å². The Morgan fingerprint density at radius 3 is 2.77 bits per heavy atom. The molecule has 2 aliphatic heterocycles. The maximum atomic E-state index is 14.5. The number of carbonyl (C=O) groups excluding carboxylic acids is 1. The largest absolute Gasteiger partial charge is 0.381 e. The number of hydrazine groups is 1. The highest BCUT2D eigenvalue weighted by atomic mass is 19.1. The molecule has 3 aromatic rings. The predicted octanol–water partition coefficient (Wildman–Crippen LogP) is 2.30. The minimum Gasteiger partial charge on any atom is -0.381 e. The smallest absolute Gasteiger partial charge is 0.284 e. The van der Waals surface area contributed by atoms with E-state index in [2.05, 4.69) is 30.6 Å². The second kappa shape index (κ2) is 10.1. The summed E-state index contributed by atoms with van der Waals surface area (Å²) >= 11 is 0. The van der Waals surface area contributed by atoms with Gasteiger partial charge in [0.05, 0.1) is 16.7 Å². The molecule has 2 fully saturated rings. The lowest BCUT2D eigenvalue weighted by atomic mass is 9.99. The van der Waals surface area contributed by atoms with E-state index in [1.54, 1.807) is 12.1 Å². The van der Waals surface area contributed by atoms with Gasteiger partial charge in [-0.25, -0.2) is 9.99 Å². The van der Waals surface area contributed by atoms with Gasteiger partial charge in [0, 0.05) is 56.9 Å². The third-order valence-corrected chi connectivity index (χ3v) is 6.67. The first-order valence-corrected chi connectivity index (χ1v) is 12.2. The second-order valence-electron chi connectivity index (χ2n) is 9.36. The third-order valence-electron chi connectivity index (χ3n) is 6.67. The second-order valence-corrected chi connectivity index (χ2v) is 9.36. The lowest BCUT2D eigenvalue weighted by molar-refractivity contribution is 0.0819. The van der Waals surface area contributed by atoms with Crippen molar-refractivity contribution in [3.05, 3.63) is 63.6 Å². The van der Waals surface area contributed by atoms with E-state index < -0.39 is 5.95 Å². The molecule has 10 heteroatoms. The topological polar surface area (TPSA) is 106 Å². The number of fused-ring (bicyclic) bond motifs is 1. The lowest BCUT2D eigenvalue weighted by Gasteiger charge is -2.39. The number of aromatic amines is 1. The van der Waals surface area contributed by atoms with Crippen molar-refractivity contribution < 1.29 is 9.18 Å². The molecule has 5 heterocycles. The number of anilines is 1. The standard InChI is InChI=1S/C25H30FN7O2/c1-2-18-10-21-22(30-24(18)34)9-16(11-28-21)13-32-14-17(15-32)12-27-19-5-6-20(29-23(19)26)25(35)31-33-7-3-4-8-33/h5-6,9-11,17,27H,2-4,7-8,12-15H2,1H3,(H,30,34)(H,31,35). The number of hydrogen-bond acceptors (Lipinski definition) is 7. The quantitative estimate of drug-likeness (QED) is 0.426. The number of nitrogens with zero attached hydrogens (tertiary/aromatic N) is 4. The molecule has 2 aliphatic rings. The predicted molar refractivity (Wildman–Crippen MR) is 131 cm³/mol. The Hall–Kier alpha value is -3.37. The highest BCUT2D eigenvalue weighted by Crippen LogP contribution is 2.21. The van der Waals surface area contributed by atoms with Crippen molar-refractivity contribution in [3.63, 3.8) is 0 Å². The van der Waals surface area contributed by atoms with Crippen LogP contribution in [-0.2, 0) is 13.0 Å². The van der Waals surface area contributed by atoms with Crippen LogP contribution < -0.4 is 16.3 Å². The Labute approximate surface area is 202 Å². The molecule has 0 saturated carbocycles. The number of aromatic nitrogens is 3. The first kappa shape index (κ1) is 23.4. The molecule has 0 radical (unpaired) electrons. The van der Waals surface area contributed by atoms with Crippen LogP contribution in [-0.4, -0.2) is 63.5 Å². The van der Waals surface area contributed by atoms with Gasteiger partial charge in [-0.2, -0.15) is 4.39 Å². The van der Waals surface area contributed by atoms with E-state index in [-0.39, 0.29) is 17.2 Å². The van der Waals surface area contributed by atoms with E-state index in [0.717, 1.165) is 67.7 Å². The molecule has 2 saturated heterocycles. The first-order chi connectivity index (χ1) is 17.0. The molecule has 0 bridgehead atoms. The van der Waals surface area contributed by atoms with Crippen LogP contribution >= 0.6 is 0 Å². The summed E-state index contributed by atoms with van der Waals surface area (Å²) in [5.41, 5.74) is 6.42. The van der Waals surface area contributed by atoms with E-state index in [9.17, 15) is 14.0 Å². The van der Waals surface area contributed by atoms with Crippen LogP contribution in [0.3, 0.4) is 0 Å². The first-order valence-electron chi connectivity index (χ1n) is 12.2. The summed E-state index contributed by atoms with van der Waals surface area (Å²) in [7, 11) is 0. The summed E-state index contributed by atoms with van der Waals surface area (Å²) in [6, 6.07) is 6.95. The van der Waals surface area contributed by atoms with Crippen molar-refractivity contribution in [2.75, 3.05) is 38.0 Å². The van der Waals surface area contributed by atoms with Crippen molar-refractivity contribution in [1.82, 2.24) is 30.3 Å². The minimum absolute atomic E-state index is 0.0592. The van der Waals surface area contributed by atoms with Gasteiger partial charge in [0.1, 0.15) is 5.69 Å². The van der Waals surface area contributed by atoms with E-state index in [1.165, 1.54) is 0 Å². The number of halogens is 1. The fourth-order valence-corrected chi connectivity index (χ4v) is 4.69. The van der Waals surface area contributed by atoms with E-state index in [0.29, 0.717) is 24.6 Å². The molecule has 3 aromatic heterocycles. The summed E-state index contributed by atoms with van der Waals surface area (Å²) < 4.78 is 14.5. The molecule has 0 aromatic carbocycles. The average molecular weight is 480 g/mol. The SMILES string of the molecule is CCc1cc2ncc(CN3CC(CNc4ccc(C(=O)NN5CCCC5)nc4F)C3)cc2[nH]c1=O. The molecule has 0 unspecified atom stereocenters. The number of carbonyl (C=O) groups is 1. The molecule has 5 rings (SSSR count). The third kappa shape index (κ3) is 5.33. The van der Waals surface area contributed by atoms with Gasteiger partial charge in [-0.15, -0.1) is 0 Å². The Morgan fingerprint density at radius 2 is 2.03 bits per heavy atom. The molecular formula is C25H30FN7O2. The zero-order valence-corrected chi connectivity index (χ0v) is 19.8. The van der Waals surface area contributed by atoms with Crippen molar-refractivity contribution in [2.24, 2.45) is 5.92 Å². The van der Waals surface area contributed by atoms with Crippen LogP contribution in [0.1, 0.15) is 41.4 Å². The van der Waals surface area contributed by atoms with Crippen LogP contribution in [0.25, 0.3) is 11.0 Å². The highest BCUT2D eigenvalue weighted by molar-refractivity contribution is 5.92. The van der Waals surface area contributed by atoms with Crippen LogP contribution in [0.15, 0.2) is 35.3 Å². The highest BCUT2D eigenvalue weighted by Gasteiger charge is 2.27. The number of aryl methyl sites for hydroxylation is 1. The van der Waals surface area contributed by atoms with Gasteiger partial charge in [0.15, 0.2) is 0 Å². The molecule has 184 valence electrons. The molecule has 0 aliphatic carbocycles. The normalized spacial score (nSPS) is 17.0. The number of H-pyrrole nitrogens is 1. The average Bonchev–Trinajstić information content (AvgIpc) is 3.33. The molecule has 9 nitrogen and oxygen atoms in total. The summed E-state index contributed by atoms with van der Waals surface area (Å²) in [4.78, 5) is 37.9. The van der Waals surface area contributed by atoms with Gasteiger partial charge in [-0.1, -0.05) is 6.92 Å². The molecule has 0 spiro atoms. The van der Waals surface area contributed by atoms with Gasteiger partial charge in [-0.05, 0) is 49.1 Å². The summed E-state index contributed by atoms with van der Waals surface area (Å²) in [6.45, 7) is 6.69. The van der Waals surface area contributed by atoms with Gasteiger partial charge >= 0.3 is 0 Å². The summed E-state index contributed by atoms with van der Waals surface area (Å²) in [5.74, 6) is -0.671. The number of pyridine rings is 3. The maximum absolute atomic E-state index is 14.5. The maximum Gasteiger partial charge on any atom is 0.284 e. The Balaban J connectivity index is 1.10. The molecule has 35 heavy (non-hydrogen) atoms. The number of rotatable bonds is 8.